The van der Waals surface area contributed by atoms with E-state index in [-0.39, 0.29) is 17.5 Å². The van der Waals surface area contributed by atoms with E-state index in [2.05, 4.69) is 11.4 Å². The first-order valence-electron chi connectivity index (χ1n) is 7.93. The Morgan fingerprint density at radius 2 is 1.88 bits per heavy atom. The van der Waals surface area contributed by atoms with Crippen molar-refractivity contribution in [1.29, 1.82) is 5.26 Å². The van der Waals surface area contributed by atoms with Gasteiger partial charge in [-0.05, 0) is 48.5 Å². The van der Waals surface area contributed by atoms with E-state index in [0.29, 0.717) is 29.2 Å². The van der Waals surface area contributed by atoms with Gasteiger partial charge in [-0.2, -0.15) is 5.26 Å². The molecular formula is C20H15FN2O2S. The third-order valence-corrected chi connectivity index (χ3v) is 4.64. The highest BCUT2D eigenvalue weighted by molar-refractivity contribution is 7.99. The standard InChI is InChI=1S/C20H15FN2O2S/c21-15-8-6-14(7-9-15)17-10-11-18(25-17)20(24)23-16-4-1-2-5-19(16)26-13-3-12-22/h1-2,4-11H,3,13H2,(H,23,24). The van der Waals surface area contributed by atoms with E-state index >= 15 is 0 Å². The molecule has 1 N–H and O–H groups in total. The minimum absolute atomic E-state index is 0.168. The molecule has 0 unspecified atom stereocenters. The minimum atomic E-state index is -0.369. The molecule has 0 fully saturated rings. The van der Waals surface area contributed by atoms with Crippen LogP contribution in [0.25, 0.3) is 11.3 Å². The molecule has 3 rings (SSSR count). The molecule has 0 spiro atoms. The molecule has 0 saturated carbocycles. The summed E-state index contributed by atoms with van der Waals surface area (Å²) in [6.45, 7) is 0. The molecule has 0 aliphatic carbocycles. The molecule has 130 valence electrons. The molecule has 4 nitrogen and oxygen atoms in total. The van der Waals surface area contributed by atoms with E-state index in [1.165, 1.54) is 23.9 Å². The lowest BCUT2D eigenvalue weighted by Gasteiger charge is -2.09. The Morgan fingerprint density at radius 1 is 1.12 bits per heavy atom. The maximum atomic E-state index is 13.0. The third-order valence-electron chi connectivity index (χ3n) is 3.57. The molecular weight excluding hydrogens is 351 g/mol. The van der Waals surface area contributed by atoms with Crippen LogP contribution in [0.1, 0.15) is 17.0 Å². The lowest BCUT2D eigenvalue weighted by atomic mass is 10.2. The number of furan rings is 1. The summed E-state index contributed by atoms with van der Waals surface area (Å²) in [6.07, 6.45) is 0.437. The van der Waals surface area contributed by atoms with Crippen LogP contribution in [0.5, 0.6) is 0 Å². The number of nitrogens with one attached hydrogen (secondary N) is 1. The Balaban J connectivity index is 1.73. The fourth-order valence-electron chi connectivity index (χ4n) is 2.32. The van der Waals surface area contributed by atoms with Gasteiger partial charge >= 0.3 is 0 Å². The van der Waals surface area contributed by atoms with Crippen LogP contribution in [-0.4, -0.2) is 11.7 Å². The van der Waals surface area contributed by atoms with Crippen LogP contribution in [0, 0.1) is 17.1 Å². The first-order chi connectivity index (χ1) is 12.7. The molecule has 3 aromatic rings. The normalized spacial score (nSPS) is 10.3. The maximum Gasteiger partial charge on any atom is 0.291 e. The Bertz CT molecular complexity index is 945. The van der Waals surface area contributed by atoms with E-state index in [0.717, 1.165) is 4.90 Å². The summed E-state index contributed by atoms with van der Waals surface area (Å²) in [6, 6.07) is 18.6. The zero-order valence-electron chi connectivity index (χ0n) is 13.7. The maximum absolute atomic E-state index is 13.0. The number of amides is 1. The molecule has 2 aromatic carbocycles. The van der Waals surface area contributed by atoms with Crippen LogP contribution in [0.15, 0.2) is 70.0 Å². The number of benzene rings is 2. The van der Waals surface area contributed by atoms with Crippen LogP contribution < -0.4 is 5.32 Å². The van der Waals surface area contributed by atoms with Gasteiger partial charge in [0.2, 0.25) is 0 Å². The monoisotopic (exact) mass is 366 g/mol. The number of anilines is 1. The first-order valence-corrected chi connectivity index (χ1v) is 8.92. The summed E-state index contributed by atoms with van der Waals surface area (Å²) in [5.41, 5.74) is 1.36. The summed E-state index contributed by atoms with van der Waals surface area (Å²) in [5.74, 6) is 0.613. The summed E-state index contributed by atoms with van der Waals surface area (Å²) >= 11 is 1.51. The van der Waals surface area contributed by atoms with Crippen molar-refractivity contribution in [2.45, 2.75) is 11.3 Å². The van der Waals surface area contributed by atoms with Crippen LogP contribution in [0.3, 0.4) is 0 Å². The third kappa shape index (κ3) is 4.32. The van der Waals surface area contributed by atoms with Gasteiger partial charge in [0.25, 0.3) is 5.91 Å². The Hall–Kier alpha value is -3.04. The molecule has 0 aliphatic heterocycles. The highest BCUT2D eigenvalue weighted by Crippen LogP contribution is 2.28. The van der Waals surface area contributed by atoms with E-state index in [1.54, 1.807) is 30.3 Å². The number of halogens is 1. The number of thioether (sulfide) groups is 1. The largest absolute Gasteiger partial charge is 0.451 e. The summed E-state index contributed by atoms with van der Waals surface area (Å²) in [7, 11) is 0. The predicted octanol–water partition coefficient (Wildman–Crippen LogP) is 5.34. The molecule has 6 heteroatoms. The second-order valence-corrected chi connectivity index (χ2v) is 6.51. The molecule has 1 amide bonds. The summed E-state index contributed by atoms with van der Waals surface area (Å²) in [5, 5.41) is 11.5. The van der Waals surface area contributed by atoms with Crippen molar-refractivity contribution in [3.05, 3.63) is 72.2 Å². The number of nitrogens with zero attached hydrogens (tertiary/aromatic N) is 1. The molecule has 0 aliphatic rings. The average Bonchev–Trinajstić information content (AvgIpc) is 3.14. The van der Waals surface area contributed by atoms with Crippen molar-refractivity contribution in [2.24, 2.45) is 0 Å². The van der Waals surface area contributed by atoms with Crippen molar-refractivity contribution < 1.29 is 13.6 Å². The van der Waals surface area contributed by atoms with E-state index < -0.39 is 0 Å². The molecule has 26 heavy (non-hydrogen) atoms. The summed E-state index contributed by atoms with van der Waals surface area (Å²) in [4.78, 5) is 13.4. The molecule has 1 aromatic heterocycles. The molecule has 0 saturated heterocycles. The van der Waals surface area contributed by atoms with Crippen molar-refractivity contribution in [3.63, 3.8) is 0 Å². The van der Waals surface area contributed by atoms with Crippen molar-refractivity contribution in [2.75, 3.05) is 11.1 Å². The first kappa shape index (κ1) is 17.8. The Labute approximate surface area is 154 Å². The lowest BCUT2D eigenvalue weighted by Crippen LogP contribution is -2.11. The quantitative estimate of drug-likeness (QED) is 0.472. The number of carbonyl (C=O) groups excluding carboxylic acids is 1. The number of hydrogen-bond acceptors (Lipinski definition) is 4. The highest BCUT2D eigenvalue weighted by atomic mass is 32.2. The molecule has 1 heterocycles. The number of carbonyl (C=O) groups is 1. The van der Waals surface area contributed by atoms with Gasteiger partial charge in [-0.3, -0.25) is 4.79 Å². The van der Waals surface area contributed by atoms with Crippen molar-refractivity contribution in [1.82, 2.24) is 0 Å². The SMILES string of the molecule is N#CCCSc1ccccc1NC(=O)c1ccc(-c2ccc(F)cc2)o1. The highest BCUT2D eigenvalue weighted by Gasteiger charge is 2.14. The zero-order chi connectivity index (χ0) is 18.4. The van der Waals surface area contributed by atoms with Gasteiger partial charge in [0, 0.05) is 22.6 Å². The van der Waals surface area contributed by atoms with Crippen LogP contribution in [0.4, 0.5) is 10.1 Å². The zero-order valence-corrected chi connectivity index (χ0v) is 14.6. The minimum Gasteiger partial charge on any atom is -0.451 e. The number of para-hydroxylation sites is 1. The van der Waals surface area contributed by atoms with Crippen molar-refractivity contribution >= 4 is 23.4 Å². The molecule has 0 bridgehead atoms. The van der Waals surface area contributed by atoms with E-state index in [9.17, 15) is 9.18 Å². The molecule has 0 radical (unpaired) electrons. The lowest BCUT2D eigenvalue weighted by molar-refractivity contribution is 0.0997. The van der Waals surface area contributed by atoms with Gasteiger partial charge in [0.1, 0.15) is 11.6 Å². The fraction of sp³-hybridized carbons (Fsp3) is 0.100. The van der Waals surface area contributed by atoms with Gasteiger partial charge in [-0.25, -0.2) is 4.39 Å². The van der Waals surface area contributed by atoms with E-state index in [4.69, 9.17) is 9.68 Å². The van der Waals surface area contributed by atoms with Gasteiger partial charge in [0.05, 0.1) is 11.8 Å². The van der Waals surface area contributed by atoms with Crippen LogP contribution >= 0.6 is 11.8 Å². The Morgan fingerprint density at radius 3 is 2.65 bits per heavy atom. The van der Waals surface area contributed by atoms with Gasteiger partial charge < -0.3 is 9.73 Å². The second kappa shape index (κ2) is 8.37. The summed E-state index contributed by atoms with van der Waals surface area (Å²) < 4.78 is 18.6. The van der Waals surface area contributed by atoms with Gasteiger partial charge in [-0.1, -0.05) is 12.1 Å². The average molecular weight is 366 g/mol. The second-order valence-electron chi connectivity index (χ2n) is 5.38. The van der Waals surface area contributed by atoms with Gasteiger partial charge in [-0.15, -0.1) is 11.8 Å². The number of rotatable bonds is 6. The van der Waals surface area contributed by atoms with Crippen LogP contribution in [-0.2, 0) is 0 Å². The Kier molecular flexibility index (Phi) is 5.72. The van der Waals surface area contributed by atoms with Crippen LogP contribution in [0.2, 0.25) is 0 Å². The predicted molar refractivity (Wildman–Crippen MR) is 99.5 cm³/mol. The molecule has 0 atom stereocenters. The number of nitriles is 1. The van der Waals surface area contributed by atoms with E-state index in [1.807, 2.05) is 18.2 Å². The smallest absolute Gasteiger partial charge is 0.291 e. The van der Waals surface area contributed by atoms with Gasteiger partial charge in [0.15, 0.2) is 5.76 Å². The van der Waals surface area contributed by atoms with Crippen molar-refractivity contribution in [3.8, 4) is 17.4 Å². The number of hydrogen-bond donors (Lipinski definition) is 1. The topological polar surface area (TPSA) is 66.0 Å². The fourth-order valence-corrected chi connectivity index (χ4v) is 3.18.